The maximum absolute atomic E-state index is 11.5. The van der Waals surface area contributed by atoms with E-state index in [-0.39, 0.29) is 16.9 Å². The molecule has 1 unspecified atom stereocenters. The number of nitrogens with zero attached hydrogens (tertiary/aromatic N) is 1. The Kier molecular flexibility index (Phi) is 3.10. The van der Waals surface area contributed by atoms with E-state index >= 15 is 0 Å². The minimum absolute atomic E-state index is 0.199. The fraction of sp³-hybridized carbons (Fsp3) is 0.200. The molecule has 4 heteroatoms. The van der Waals surface area contributed by atoms with Crippen molar-refractivity contribution in [2.24, 2.45) is 0 Å². The summed E-state index contributed by atoms with van der Waals surface area (Å²) < 4.78 is 0. The van der Waals surface area contributed by atoms with E-state index in [9.17, 15) is 4.79 Å². The van der Waals surface area contributed by atoms with Crippen molar-refractivity contribution in [1.82, 2.24) is 0 Å². The molecule has 0 amide bonds. The van der Waals surface area contributed by atoms with E-state index in [2.05, 4.69) is 0 Å². The smallest absolute Gasteiger partial charge is 0.181 e. The Labute approximate surface area is 87.1 Å². The summed E-state index contributed by atoms with van der Waals surface area (Å²) in [6.07, 6.45) is 0. The van der Waals surface area contributed by atoms with Crippen molar-refractivity contribution in [2.45, 2.75) is 12.3 Å². The molecule has 0 bridgehead atoms. The van der Waals surface area contributed by atoms with Crippen molar-refractivity contribution < 1.29 is 4.79 Å². The molecule has 0 spiro atoms. The SMILES string of the molecule is CC(Cl)C(=O)c1cccc(N)c1C#N. The number of ketones is 1. The summed E-state index contributed by atoms with van der Waals surface area (Å²) in [4.78, 5) is 11.5. The van der Waals surface area contributed by atoms with Crippen molar-refractivity contribution in [3.05, 3.63) is 29.3 Å². The largest absolute Gasteiger partial charge is 0.398 e. The number of carbonyl (C=O) groups excluding carboxylic acids is 1. The van der Waals surface area contributed by atoms with Crippen LogP contribution in [0.1, 0.15) is 22.8 Å². The molecule has 0 aliphatic rings. The Bertz CT molecular complexity index is 407. The molecule has 14 heavy (non-hydrogen) atoms. The number of hydrogen-bond acceptors (Lipinski definition) is 3. The molecule has 0 fully saturated rings. The second-order valence-electron chi connectivity index (χ2n) is 2.86. The molecular weight excluding hydrogens is 200 g/mol. The lowest BCUT2D eigenvalue weighted by molar-refractivity contribution is 0.0991. The van der Waals surface area contributed by atoms with Gasteiger partial charge in [-0.2, -0.15) is 5.26 Å². The Morgan fingerprint density at radius 2 is 2.29 bits per heavy atom. The maximum atomic E-state index is 11.5. The summed E-state index contributed by atoms with van der Waals surface area (Å²) in [5.41, 5.74) is 6.34. The zero-order chi connectivity index (χ0) is 10.7. The van der Waals surface area contributed by atoms with Crippen LogP contribution in [0.3, 0.4) is 0 Å². The summed E-state index contributed by atoms with van der Waals surface area (Å²) in [7, 11) is 0. The summed E-state index contributed by atoms with van der Waals surface area (Å²) >= 11 is 5.64. The Morgan fingerprint density at radius 3 is 2.79 bits per heavy atom. The Morgan fingerprint density at radius 1 is 1.64 bits per heavy atom. The molecule has 3 nitrogen and oxygen atoms in total. The van der Waals surface area contributed by atoms with Crippen molar-refractivity contribution in [3.8, 4) is 6.07 Å². The lowest BCUT2D eigenvalue weighted by Gasteiger charge is -2.06. The van der Waals surface area contributed by atoms with E-state index in [1.165, 1.54) is 0 Å². The number of Topliss-reactive ketones (excluding diaryl/α,β-unsaturated/α-hetero) is 1. The molecule has 0 heterocycles. The van der Waals surface area contributed by atoms with Crippen LogP contribution in [0.5, 0.6) is 0 Å². The normalized spacial score (nSPS) is 11.8. The summed E-state index contributed by atoms with van der Waals surface area (Å²) in [6, 6.07) is 6.65. The van der Waals surface area contributed by atoms with Gasteiger partial charge in [0, 0.05) is 5.56 Å². The number of nitriles is 1. The number of benzene rings is 1. The average Bonchev–Trinajstić information content (AvgIpc) is 2.16. The van der Waals surface area contributed by atoms with Crippen molar-refractivity contribution in [3.63, 3.8) is 0 Å². The predicted octanol–water partition coefficient (Wildman–Crippen LogP) is 1.95. The van der Waals surface area contributed by atoms with Gasteiger partial charge in [0.1, 0.15) is 6.07 Å². The summed E-state index contributed by atoms with van der Waals surface area (Å²) in [5.74, 6) is -0.282. The van der Waals surface area contributed by atoms with Gasteiger partial charge in [0.25, 0.3) is 0 Å². The molecule has 1 aromatic rings. The van der Waals surface area contributed by atoms with Gasteiger partial charge in [-0.05, 0) is 19.1 Å². The second kappa shape index (κ2) is 4.12. The third-order valence-electron chi connectivity index (χ3n) is 1.84. The van der Waals surface area contributed by atoms with Gasteiger partial charge in [-0.3, -0.25) is 4.79 Å². The number of nitrogen functional groups attached to an aromatic ring is 1. The van der Waals surface area contributed by atoms with Gasteiger partial charge in [-0.1, -0.05) is 6.07 Å². The first kappa shape index (κ1) is 10.6. The summed E-state index contributed by atoms with van der Waals surface area (Å²) in [6.45, 7) is 1.56. The molecule has 1 rings (SSSR count). The van der Waals surface area contributed by atoms with Crippen LogP contribution < -0.4 is 5.73 Å². The van der Waals surface area contributed by atoms with Gasteiger partial charge in [-0.15, -0.1) is 11.6 Å². The number of rotatable bonds is 2. The van der Waals surface area contributed by atoms with Crippen LogP contribution in [0.4, 0.5) is 5.69 Å². The van der Waals surface area contributed by atoms with Crippen LogP contribution in [-0.4, -0.2) is 11.2 Å². The molecular formula is C10H9ClN2O. The average molecular weight is 209 g/mol. The zero-order valence-corrected chi connectivity index (χ0v) is 8.38. The molecule has 0 aliphatic carbocycles. The van der Waals surface area contributed by atoms with E-state index in [1.54, 1.807) is 25.1 Å². The number of alkyl halides is 1. The highest BCUT2D eigenvalue weighted by Gasteiger charge is 2.17. The standard InChI is InChI=1S/C10H9ClN2O/c1-6(11)10(14)7-3-2-4-9(13)8(7)5-12/h2-4,6H,13H2,1H3. The lowest BCUT2D eigenvalue weighted by atomic mass is 10.0. The quantitative estimate of drug-likeness (QED) is 0.459. The molecule has 0 aliphatic heterocycles. The molecule has 2 N–H and O–H groups in total. The minimum Gasteiger partial charge on any atom is -0.398 e. The number of halogens is 1. The molecule has 1 aromatic carbocycles. The number of nitrogens with two attached hydrogens (primary N) is 1. The molecule has 0 radical (unpaired) electrons. The van der Waals surface area contributed by atoms with E-state index in [0.29, 0.717) is 5.69 Å². The Hall–Kier alpha value is -1.53. The number of carbonyl (C=O) groups is 1. The fourth-order valence-electron chi connectivity index (χ4n) is 1.11. The van der Waals surface area contributed by atoms with E-state index in [4.69, 9.17) is 22.6 Å². The van der Waals surface area contributed by atoms with Crippen molar-refractivity contribution in [2.75, 3.05) is 5.73 Å². The van der Waals surface area contributed by atoms with Gasteiger partial charge < -0.3 is 5.73 Å². The minimum atomic E-state index is -0.649. The number of anilines is 1. The first-order chi connectivity index (χ1) is 6.57. The maximum Gasteiger partial charge on any atom is 0.181 e. The van der Waals surface area contributed by atoms with Gasteiger partial charge in [0.2, 0.25) is 0 Å². The van der Waals surface area contributed by atoms with Gasteiger partial charge in [0.15, 0.2) is 5.78 Å². The van der Waals surface area contributed by atoms with Crippen molar-refractivity contribution >= 4 is 23.1 Å². The van der Waals surface area contributed by atoms with E-state index in [1.807, 2.05) is 6.07 Å². The molecule has 72 valence electrons. The van der Waals surface area contributed by atoms with Crippen LogP contribution in [0.2, 0.25) is 0 Å². The van der Waals surface area contributed by atoms with Crippen LogP contribution in [0, 0.1) is 11.3 Å². The topological polar surface area (TPSA) is 66.9 Å². The summed E-state index contributed by atoms with van der Waals surface area (Å²) in [5, 5.41) is 8.16. The van der Waals surface area contributed by atoms with Gasteiger partial charge in [0.05, 0.1) is 16.6 Å². The monoisotopic (exact) mass is 208 g/mol. The molecule has 1 atom stereocenters. The van der Waals surface area contributed by atoms with E-state index in [0.717, 1.165) is 0 Å². The lowest BCUT2D eigenvalue weighted by Crippen LogP contribution is -2.13. The first-order valence-electron chi connectivity index (χ1n) is 4.04. The molecule has 0 saturated carbocycles. The van der Waals surface area contributed by atoms with Crippen LogP contribution >= 0.6 is 11.6 Å². The van der Waals surface area contributed by atoms with Crippen LogP contribution in [0.15, 0.2) is 18.2 Å². The third-order valence-corrected chi connectivity index (χ3v) is 2.03. The highest BCUT2D eigenvalue weighted by molar-refractivity contribution is 6.34. The molecule has 0 aromatic heterocycles. The first-order valence-corrected chi connectivity index (χ1v) is 4.48. The Balaban J connectivity index is 3.29. The second-order valence-corrected chi connectivity index (χ2v) is 3.52. The highest BCUT2D eigenvalue weighted by Crippen LogP contribution is 2.18. The number of hydrogen-bond donors (Lipinski definition) is 1. The van der Waals surface area contributed by atoms with E-state index < -0.39 is 5.38 Å². The van der Waals surface area contributed by atoms with Gasteiger partial charge >= 0.3 is 0 Å². The van der Waals surface area contributed by atoms with Crippen molar-refractivity contribution in [1.29, 1.82) is 5.26 Å². The highest BCUT2D eigenvalue weighted by atomic mass is 35.5. The van der Waals surface area contributed by atoms with Crippen LogP contribution in [0.25, 0.3) is 0 Å². The predicted molar refractivity (Wildman–Crippen MR) is 55.2 cm³/mol. The molecule has 0 saturated heterocycles. The fourth-order valence-corrected chi connectivity index (χ4v) is 1.23. The zero-order valence-electron chi connectivity index (χ0n) is 7.62. The van der Waals surface area contributed by atoms with Crippen LogP contribution in [-0.2, 0) is 0 Å². The third kappa shape index (κ3) is 1.86. The van der Waals surface area contributed by atoms with Gasteiger partial charge in [-0.25, -0.2) is 0 Å².